The molecule has 1 unspecified atom stereocenters. The second-order valence-corrected chi connectivity index (χ2v) is 7.09. The van der Waals surface area contributed by atoms with Crippen LogP contribution in [0.4, 0.5) is 14.5 Å². The van der Waals surface area contributed by atoms with Crippen molar-refractivity contribution in [2.75, 3.05) is 11.9 Å². The molecule has 162 valence electrons. The zero-order valence-corrected chi connectivity index (χ0v) is 17.4. The molecule has 1 N–H and O–H groups in total. The van der Waals surface area contributed by atoms with Crippen molar-refractivity contribution in [2.24, 2.45) is 0 Å². The number of alkyl halides is 2. The first-order valence-electron chi connectivity index (χ1n) is 9.81. The number of amides is 1. The van der Waals surface area contributed by atoms with E-state index in [2.05, 4.69) is 10.4 Å². The molecule has 8 heteroatoms. The smallest absolute Gasteiger partial charge is 0.270 e. The minimum atomic E-state index is -2.97. The highest BCUT2D eigenvalue weighted by Crippen LogP contribution is 2.28. The maximum atomic E-state index is 13.3. The summed E-state index contributed by atoms with van der Waals surface area (Å²) in [6, 6.07) is 14.5. The summed E-state index contributed by atoms with van der Waals surface area (Å²) in [5.41, 5.74) is 1.00. The quantitative estimate of drug-likeness (QED) is 0.597. The van der Waals surface area contributed by atoms with Crippen LogP contribution in [0.2, 0.25) is 0 Å². The molecule has 31 heavy (non-hydrogen) atoms. The molecule has 3 aromatic rings. The summed E-state index contributed by atoms with van der Waals surface area (Å²) in [4.78, 5) is 25.0. The number of hydrogen-bond donors (Lipinski definition) is 1. The average Bonchev–Trinajstić information content (AvgIpc) is 2.74. The van der Waals surface area contributed by atoms with Crippen LogP contribution in [0.25, 0.3) is 11.3 Å². The van der Waals surface area contributed by atoms with E-state index in [1.807, 2.05) is 25.1 Å². The average molecular weight is 427 g/mol. The van der Waals surface area contributed by atoms with Gasteiger partial charge in [-0.2, -0.15) is 5.10 Å². The van der Waals surface area contributed by atoms with Crippen molar-refractivity contribution in [3.05, 3.63) is 76.6 Å². The van der Waals surface area contributed by atoms with Gasteiger partial charge in [-0.3, -0.25) is 9.59 Å². The number of nitrogens with zero attached hydrogens (tertiary/aromatic N) is 2. The number of benzene rings is 2. The molecule has 0 radical (unpaired) electrons. The third-order valence-corrected chi connectivity index (χ3v) is 4.67. The highest BCUT2D eigenvalue weighted by molar-refractivity contribution is 5.93. The van der Waals surface area contributed by atoms with Gasteiger partial charge in [-0.1, -0.05) is 24.3 Å². The van der Waals surface area contributed by atoms with Gasteiger partial charge in [-0.25, -0.2) is 13.5 Å². The Hall–Kier alpha value is -3.55. The fourth-order valence-corrected chi connectivity index (χ4v) is 2.97. The van der Waals surface area contributed by atoms with Gasteiger partial charge in [0.1, 0.15) is 11.8 Å². The number of ether oxygens (including phenoxy) is 1. The molecule has 0 spiro atoms. The fraction of sp³-hybridized carbons (Fsp3) is 0.261. The summed E-state index contributed by atoms with van der Waals surface area (Å²) < 4.78 is 33.3. The number of carbonyl (C=O) groups excluding carboxylic acids is 1. The molecule has 1 atom stereocenters. The second-order valence-electron chi connectivity index (χ2n) is 7.09. The van der Waals surface area contributed by atoms with Crippen LogP contribution in [0, 0.1) is 0 Å². The number of hydrogen-bond acceptors (Lipinski definition) is 4. The van der Waals surface area contributed by atoms with Crippen LogP contribution in [0.1, 0.15) is 32.4 Å². The predicted octanol–water partition coefficient (Wildman–Crippen LogP) is 4.62. The standard InChI is InChI=1S/C23H23F2N3O3/c1-4-31-19-7-5-6-16(14-19)20-12-13-21(29)28(27-20)15(2)22(30)26-18-10-8-17(9-11-18)23(3,24)25/h5-15H,4H2,1-3H3,(H,26,30). The first-order valence-corrected chi connectivity index (χ1v) is 9.81. The monoisotopic (exact) mass is 427 g/mol. The van der Waals surface area contributed by atoms with Crippen LogP contribution < -0.4 is 15.6 Å². The summed E-state index contributed by atoms with van der Waals surface area (Å²) in [5, 5.41) is 6.97. The van der Waals surface area contributed by atoms with E-state index in [0.717, 1.165) is 17.2 Å². The van der Waals surface area contributed by atoms with Gasteiger partial charge >= 0.3 is 0 Å². The lowest BCUT2D eigenvalue weighted by Crippen LogP contribution is -2.33. The van der Waals surface area contributed by atoms with Gasteiger partial charge in [0.2, 0.25) is 5.91 Å². The van der Waals surface area contributed by atoms with Crippen molar-refractivity contribution in [3.8, 4) is 17.0 Å². The largest absolute Gasteiger partial charge is 0.494 e. The Morgan fingerprint density at radius 2 is 1.87 bits per heavy atom. The Morgan fingerprint density at radius 1 is 1.16 bits per heavy atom. The van der Waals surface area contributed by atoms with E-state index >= 15 is 0 Å². The molecule has 0 aliphatic carbocycles. The molecule has 0 fully saturated rings. The normalized spacial score (nSPS) is 12.3. The highest BCUT2D eigenvalue weighted by atomic mass is 19.3. The van der Waals surface area contributed by atoms with Gasteiger partial charge in [0, 0.05) is 29.8 Å². The van der Waals surface area contributed by atoms with E-state index < -0.39 is 23.4 Å². The third-order valence-electron chi connectivity index (χ3n) is 4.67. The first-order chi connectivity index (χ1) is 14.7. The van der Waals surface area contributed by atoms with Crippen molar-refractivity contribution < 1.29 is 18.3 Å². The number of rotatable bonds is 7. The van der Waals surface area contributed by atoms with Gasteiger partial charge in [-0.05, 0) is 44.2 Å². The minimum absolute atomic E-state index is 0.154. The van der Waals surface area contributed by atoms with Crippen molar-refractivity contribution >= 4 is 11.6 Å². The summed E-state index contributed by atoms with van der Waals surface area (Å²) in [6.45, 7) is 4.74. The van der Waals surface area contributed by atoms with E-state index in [9.17, 15) is 18.4 Å². The van der Waals surface area contributed by atoms with E-state index in [1.54, 1.807) is 19.1 Å². The minimum Gasteiger partial charge on any atom is -0.494 e. The molecule has 2 aromatic carbocycles. The molecule has 0 saturated heterocycles. The Morgan fingerprint density at radius 3 is 2.52 bits per heavy atom. The number of carbonyl (C=O) groups is 1. The second kappa shape index (κ2) is 9.07. The molecule has 3 rings (SSSR count). The summed E-state index contributed by atoms with van der Waals surface area (Å²) in [6.07, 6.45) is 0. The van der Waals surface area contributed by atoms with Gasteiger partial charge in [0.25, 0.3) is 11.5 Å². The molecule has 0 aliphatic heterocycles. The fourth-order valence-electron chi connectivity index (χ4n) is 2.97. The van der Waals surface area contributed by atoms with Crippen LogP contribution in [0.5, 0.6) is 5.75 Å². The van der Waals surface area contributed by atoms with Crippen LogP contribution >= 0.6 is 0 Å². The van der Waals surface area contributed by atoms with Crippen LogP contribution in [-0.2, 0) is 10.7 Å². The molecule has 6 nitrogen and oxygen atoms in total. The van der Waals surface area contributed by atoms with E-state index in [-0.39, 0.29) is 5.56 Å². The lowest BCUT2D eigenvalue weighted by atomic mass is 10.1. The summed E-state index contributed by atoms with van der Waals surface area (Å²) >= 11 is 0. The molecular formula is C23H23F2N3O3. The third kappa shape index (κ3) is 5.33. The Balaban J connectivity index is 1.82. The van der Waals surface area contributed by atoms with Gasteiger partial charge in [0.05, 0.1) is 12.3 Å². The molecule has 1 amide bonds. The molecule has 0 aliphatic rings. The van der Waals surface area contributed by atoms with Crippen molar-refractivity contribution in [2.45, 2.75) is 32.7 Å². The molecule has 1 heterocycles. The SMILES string of the molecule is CCOc1cccc(-c2ccc(=O)n(C(C)C(=O)Nc3ccc(C(C)(F)F)cc3)n2)c1. The number of anilines is 1. The zero-order valence-electron chi connectivity index (χ0n) is 17.4. The predicted molar refractivity (Wildman–Crippen MR) is 114 cm³/mol. The van der Waals surface area contributed by atoms with Crippen LogP contribution in [-0.4, -0.2) is 22.3 Å². The lowest BCUT2D eigenvalue weighted by molar-refractivity contribution is -0.119. The van der Waals surface area contributed by atoms with Crippen LogP contribution in [0.3, 0.4) is 0 Å². The summed E-state index contributed by atoms with van der Waals surface area (Å²) in [5.74, 6) is -2.79. The van der Waals surface area contributed by atoms with E-state index in [4.69, 9.17) is 4.74 Å². The Bertz CT molecular complexity index is 1120. The Kier molecular flexibility index (Phi) is 6.48. The van der Waals surface area contributed by atoms with Crippen molar-refractivity contribution in [1.82, 2.24) is 9.78 Å². The maximum absolute atomic E-state index is 13.3. The molecule has 1 aromatic heterocycles. The molecular weight excluding hydrogens is 404 g/mol. The van der Waals surface area contributed by atoms with Gasteiger partial charge in [0.15, 0.2) is 0 Å². The van der Waals surface area contributed by atoms with E-state index in [0.29, 0.717) is 23.7 Å². The number of aromatic nitrogens is 2. The summed E-state index contributed by atoms with van der Waals surface area (Å²) in [7, 11) is 0. The first kappa shape index (κ1) is 22.1. The highest BCUT2D eigenvalue weighted by Gasteiger charge is 2.24. The zero-order chi connectivity index (χ0) is 22.6. The number of halogens is 2. The number of nitrogens with one attached hydrogen (secondary N) is 1. The molecule has 0 bridgehead atoms. The van der Waals surface area contributed by atoms with Crippen molar-refractivity contribution in [1.29, 1.82) is 0 Å². The van der Waals surface area contributed by atoms with Crippen LogP contribution in [0.15, 0.2) is 65.5 Å². The van der Waals surface area contributed by atoms with Gasteiger partial charge < -0.3 is 10.1 Å². The molecule has 0 saturated carbocycles. The maximum Gasteiger partial charge on any atom is 0.270 e. The van der Waals surface area contributed by atoms with Gasteiger partial charge in [-0.15, -0.1) is 0 Å². The van der Waals surface area contributed by atoms with E-state index in [1.165, 1.54) is 30.3 Å². The lowest BCUT2D eigenvalue weighted by Gasteiger charge is -2.16. The Labute approximate surface area is 178 Å². The van der Waals surface area contributed by atoms with Crippen molar-refractivity contribution in [3.63, 3.8) is 0 Å². The topological polar surface area (TPSA) is 73.2 Å².